The van der Waals surface area contributed by atoms with Gasteiger partial charge in [-0.1, -0.05) is 0 Å². The molecule has 0 atom stereocenters. The number of carboxylic acid groups (broad SMARTS) is 1. The first-order valence-electron chi connectivity index (χ1n) is 3.58. The molecule has 1 rings (SSSR count). The van der Waals surface area contributed by atoms with E-state index in [4.69, 9.17) is 9.90 Å². The van der Waals surface area contributed by atoms with Gasteiger partial charge in [0.25, 0.3) is 5.97 Å². The van der Waals surface area contributed by atoms with Crippen molar-refractivity contribution in [2.24, 2.45) is 0 Å². The molecule has 0 aromatic rings. The Labute approximate surface area is 71.8 Å². The predicted octanol–water partition coefficient (Wildman–Crippen LogP) is 0.756. The topological polar surface area (TPSA) is 40.5 Å². The van der Waals surface area contributed by atoms with E-state index in [1.807, 2.05) is 0 Å². The van der Waals surface area contributed by atoms with Crippen LogP contribution in [0.1, 0.15) is 6.92 Å². The number of aliphatic carboxylic acids is 1. The van der Waals surface area contributed by atoms with Gasteiger partial charge in [-0.2, -0.15) is 11.8 Å². The van der Waals surface area contributed by atoms with Gasteiger partial charge in [-0.25, -0.2) is 0 Å². The summed E-state index contributed by atoms with van der Waals surface area (Å²) in [4.78, 5) is 11.4. The van der Waals surface area contributed by atoms with Crippen LogP contribution in [0.2, 0.25) is 0 Å². The molecule has 3 nitrogen and oxygen atoms in total. The normalized spacial score (nSPS) is 18.4. The zero-order valence-corrected chi connectivity index (χ0v) is 7.86. The lowest BCUT2D eigenvalue weighted by Crippen LogP contribution is -2.28. The maximum atomic E-state index is 9.00. The van der Waals surface area contributed by atoms with Gasteiger partial charge in [0.1, 0.15) is 0 Å². The standard InChI is InChI=1S/C5H11NS.C2H4O2/c1-6-2-4-7-5-3-6;1-2(3)4/h2-5H2,1H3;1H3,(H,3,4). The average molecular weight is 177 g/mol. The Morgan fingerprint density at radius 3 is 2.00 bits per heavy atom. The van der Waals surface area contributed by atoms with Gasteiger partial charge in [-0.15, -0.1) is 0 Å². The van der Waals surface area contributed by atoms with E-state index >= 15 is 0 Å². The van der Waals surface area contributed by atoms with E-state index in [1.54, 1.807) is 0 Å². The van der Waals surface area contributed by atoms with Crippen LogP contribution in [0.5, 0.6) is 0 Å². The van der Waals surface area contributed by atoms with Crippen molar-refractivity contribution >= 4 is 17.7 Å². The fourth-order valence-corrected chi connectivity index (χ4v) is 1.74. The largest absolute Gasteiger partial charge is 0.481 e. The summed E-state index contributed by atoms with van der Waals surface area (Å²) in [6.45, 7) is 3.65. The number of carboxylic acids is 1. The number of thioether (sulfide) groups is 1. The van der Waals surface area contributed by atoms with Gasteiger partial charge in [0.05, 0.1) is 0 Å². The molecule has 0 aromatic carbocycles. The molecular formula is C7H15NO2S. The van der Waals surface area contributed by atoms with E-state index in [9.17, 15) is 0 Å². The van der Waals surface area contributed by atoms with E-state index in [2.05, 4.69) is 23.7 Å². The molecule has 0 unspecified atom stereocenters. The fourth-order valence-electron chi connectivity index (χ4n) is 0.655. The zero-order chi connectivity index (χ0) is 8.69. The molecule has 1 saturated heterocycles. The lowest BCUT2D eigenvalue weighted by molar-refractivity contribution is -0.134. The van der Waals surface area contributed by atoms with Crippen molar-refractivity contribution in [3.63, 3.8) is 0 Å². The summed E-state index contributed by atoms with van der Waals surface area (Å²) in [5.41, 5.74) is 0. The van der Waals surface area contributed by atoms with E-state index in [0.717, 1.165) is 6.92 Å². The molecule has 0 aromatic heterocycles. The molecule has 1 N–H and O–H groups in total. The summed E-state index contributed by atoms with van der Waals surface area (Å²) in [6, 6.07) is 0. The van der Waals surface area contributed by atoms with Crippen LogP contribution in [0.25, 0.3) is 0 Å². The van der Waals surface area contributed by atoms with Crippen molar-refractivity contribution in [3.8, 4) is 0 Å². The van der Waals surface area contributed by atoms with E-state index < -0.39 is 5.97 Å². The maximum absolute atomic E-state index is 9.00. The molecule has 1 aliphatic heterocycles. The van der Waals surface area contributed by atoms with E-state index in [-0.39, 0.29) is 0 Å². The SMILES string of the molecule is CC(=O)O.CN1CCSCC1. The summed E-state index contributed by atoms with van der Waals surface area (Å²) in [5.74, 6) is 1.83. The Hall–Kier alpha value is -0.220. The fraction of sp³-hybridized carbons (Fsp3) is 0.857. The Bertz CT molecular complexity index is 109. The molecule has 0 saturated carbocycles. The van der Waals surface area contributed by atoms with Crippen LogP contribution in [-0.4, -0.2) is 47.6 Å². The highest BCUT2D eigenvalue weighted by Crippen LogP contribution is 2.05. The maximum Gasteiger partial charge on any atom is 0.300 e. The van der Waals surface area contributed by atoms with Crippen LogP contribution in [0, 0.1) is 0 Å². The molecular weight excluding hydrogens is 162 g/mol. The van der Waals surface area contributed by atoms with Crippen LogP contribution < -0.4 is 0 Å². The quantitative estimate of drug-likeness (QED) is 0.593. The highest BCUT2D eigenvalue weighted by molar-refractivity contribution is 7.99. The second-order valence-corrected chi connectivity index (χ2v) is 3.66. The molecule has 0 radical (unpaired) electrons. The molecule has 0 spiro atoms. The van der Waals surface area contributed by atoms with Crippen LogP contribution in [0.15, 0.2) is 0 Å². The lowest BCUT2D eigenvalue weighted by atomic mass is 10.6. The van der Waals surface area contributed by atoms with Crippen LogP contribution >= 0.6 is 11.8 Å². The summed E-state index contributed by atoms with van der Waals surface area (Å²) < 4.78 is 0. The Morgan fingerprint density at radius 2 is 1.82 bits per heavy atom. The minimum atomic E-state index is -0.833. The van der Waals surface area contributed by atoms with Crippen LogP contribution in [0.3, 0.4) is 0 Å². The van der Waals surface area contributed by atoms with Gasteiger partial charge in [0, 0.05) is 31.5 Å². The minimum absolute atomic E-state index is 0.833. The smallest absolute Gasteiger partial charge is 0.300 e. The van der Waals surface area contributed by atoms with Crippen LogP contribution in [-0.2, 0) is 4.79 Å². The summed E-state index contributed by atoms with van der Waals surface area (Å²) in [6.07, 6.45) is 0. The Morgan fingerprint density at radius 1 is 1.45 bits per heavy atom. The van der Waals surface area contributed by atoms with Gasteiger partial charge >= 0.3 is 0 Å². The average Bonchev–Trinajstić information content (AvgIpc) is 1.87. The monoisotopic (exact) mass is 177 g/mol. The first-order chi connectivity index (χ1) is 5.13. The first kappa shape index (κ1) is 10.8. The van der Waals surface area contributed by atoms with Crippen molar-refractivity contribution in [2.75, 3.05) is 31.6 Å². The Balaban J connectivity index is 0.000000218. The highest BCUT2D eigenvalue weighted by Gasteiger charge is 2.02. The first-order valence-corrected chi connectivity index (χ1v) is 4.74. The van der Waals surface area contributed by atoms with Gasteiger partial charge in [0.15, 0.2) is 0 Å². The number of hydrogen-bond acceptors (Lipinski definition) is 3. The third-order valence-corrected chi connectivity index (χ3v) is 2.18. The van der Waals surface area contributed by atoms with Gasteiger partial charge in [-0.05, 0) is 7.05 Å². The predicted molar refractivity (Wildman–Crippen MR) is 48.1 cm³/mol. The summed E-state index contributed by atoms with van der Waals surface area (Å²) in [5, 5.41) is 7.42. The molecule has 4 heteroatoms. The molecule has 66 valence electrons. The molecule has 1 heterocycles. The number of rotatable bonds is 0. The molecule has 0 aliphatic carbocycles. The highest BCUT2D eigenvalue weighted by atomic mass is 32.2. The molecule has 1 fully saturated rings. The lowest BCUT2D eigenvalue weighted by Gasteiger charge is -2.20. The third kappa shape index (κ3) is 9.78. The molecule has 1 aliphatic rings. The minimum Gasteiger partial charge on any atom is -0.481 e. The number of carbonyl (C=O) groups is 1. The summed E-state index contributed by atoms with van der Waals surface area (Å²) in [7, 11) is 2.18. The van der Waals surface area contributed by atoms with Gasteiger partial charge in [-0.3, -0.25) is 4.79 Å². The van der Waals surface area contributed by atoms with Crippen molar-refractivity contribution in [1.82, 2.24) is 4.90 Å². The van der Waals surface area contributed by atoms with Crippen molar-refractivity contribution < 1.29 is 9.90 Å². The third-order valence-electron chi connectivity index (χ3n) is 1.23. The number of hydrogen-bond donors (Lipinski definition) is 1. The molecule has 0 amide bonds. The van der Waals surface area contributed by atoms with Crippen LogP contribution in [0.4, 0.5) is 0 Å². The van der Waals surface area contributed by atoms with E-state index in [0.29, 0.717) is 0 Å². The van der Waals surface area contributed by atoms with Gasteiger partial charge in [0.2, 0.25) is 0 Å². The second kappa shape index (κ2) is 6.49. The van der Waals surface area contributed by atoms with E-state index in [1.165, 1.54) is 24.6 Å². The van der Waals surface area contributed by atoms with Gasteiger partial charge < -0.3 is 10.0 Å². The Kier molecular flexibility index (Phi) is 6.36. The summed E-state index contributed by atoms with van der Waals surface area (Å²) >= 11 is 2.06. The molecule has 11 heavy (non-hydrogen) atoms. The van der Waals surface area contributed by atoms with Crippen molar-refractivity contribution in [2.45, 2.75) is 6.92 Å². The van der Waals surface area contributed by atoms with Crippen molar-refractivity contribution in [1.29, 1.82) is 0 Å². The number of nitrogens with zero attached hydrogens (tertiary/aromatic N) is 1. The molecule has 0 bridgehead atoms. The zero-order valence-electron chi connectivity index (χ0n) is 7.04. The van der Waals surface area contributed by atoms with Crippen molar-refractivity contribution in [3.05, 3.63) is 0 Å². The second-order valence-electron chi connectivity index (χ2n) is 2.43.